The van der Waals surface area contributed by atoms with Crippen molar-refractivity contribution in [2.75, 3.05) is 7.11 Å². The highest BCUT2D eigenvalue weighted by Gasteiger charge is 2.07. The molecule has 0 atom stereocenters. The fourth-order valence-corrected chi connectivity index (χ4v) is 0.765. The highest BCUT2D eigenvalue weighted by atomic mass is 16.5. The highest BCUT2D eigenvalue weighted by Crippen LogP contribution is 2.28. The van der Waals surface area contributed by atoms with E-state index >= 15 is 0 Å². The van der Waals surface area contributed by atoms with Crippen LogP contribution in [0.25, 0.3) is 0 Å². The molecule has 0 saturated carbocycles. The number of rotatable bonds is 1. The standard InChI is InChI=1S/C8H6NO2/c1-11-7-4-2-3-6(5-9)8(7)10/h2-4H,1H3. The first-order valence-corrected chi connectivity index (χ1v) is 3.03. The molecule has 0 aliphatic rings. The van der Waals surface area contributed by atoms with Gasteiger partial charge in [-0.05, 0) is 12.1 Å². The normalized spacial score (nSPS) is 8.73. The van der Waals surface area contributed by atoms with E-state index in [-0.39, 0.29) is 17.1 Å². The van der Waals surface area contributed by atoms with E-state index in [0.29, 0.717) is 0 Å². The van der Waals surface area contributed by atoms with E-state index in [2.05, 4.69) is 0 Å². The molecule has 0 N–H and O–H groups in total. The molecule has 0 aliphatic carbocycles. The Labute approximate surface area is 64.5 Å². The molecule has 0 aromatic heterocycles. The number of benzene rings is 1. The van der Waals surface area contributed by atoms with Crippen molar-refractivity contribution in [1.82, 2.24) is 0 Å². The van der Waals surface area contributed by atoms with Gasteiger partial charge in [-0.1, -0.05) is 6.07 Å². The van der Waals surface area contributed by atoms with Gasteiger partial charge in [-0.25, -0.2) is 0 Å². The lowest BCUT2D eigenvalue weighted by molar-refractivity contribution is 0.314. The largest absolute Gasteiger partial charge is 0.493 e. The molecule has 0 unspecified atom stereocenters. The molecule has 11 heavy (non-hydrogen) atoms. The van der Waals surface area contributed by atoms with E-state index < -0.39 is 0 Å². The molecule has 0 saturated heterocycles. The molecule has 55 valence electrons. The molecule has 1 rings (SSSR count). The lowest BCUT2D eigenvalue weighted by atomic mass is 10.2. The molecule has 3 heteroatoms. The van der Waals surface area contributed by atoms with E-state index in [1.165, 1.54) is 19.2 Å². The number of nitriles is 1. The van der Waals surface area contributed by atoms with Gasteiger partial charge in [-0.15, -0.1) is 0 Å². The van der Waals surface area contributed by atoms with E-state index in [0.717, 1.165) is 0 Å². The maximum Gasteiger partial charge on any atom is 0.238 e. The van der Waals surface area contributed by atoms with Gasteiger partial charge < -0.3 is 4.74 Å². The minimum absolute atomic E-state index is 0.115. The average Bonchev–Trinajstić information content (AvgIpc) is 2.05. The molecule has 0 amide bonds. The third-order valence-corrected chi connectivity index (χ3v) is 1.32. The summed E-state index contributed by atoms with van der Waals surface area (Å²) in [5.41, 5.74) is 0.115. The summed E-state index contributed by atoms with van der Waals surface area (Å²) in [6.07, 6.45) is 0. The van der Waals surface area contributed by atoms with Gasteiger partial charge in [0.1, 0.15) is 11.6 Å². The van der Waals surface area contributed by atoms with E-state index in [4.69, 9.17) is 10.00 Å². The fourth-order valence-electron chi connectivity index (χ4n) is 0.765. The van der Waals surface area contributed by atoms with Gasteiger partial charge in [0.25, 0.3) is 0 Å². The second kappa shape index (κ2) is 2.93. The molecule has 0 aliphatic heterocycles. The molecule has 0 heterocycles. The smallest absolute Gasteiger partial charge is 0.238 e. The summed E-state index contributed by atoms with van der Waals surface area (Å²) in [7, 11) is 1.40. The van der Waals surface area contributed by atoms with E-state index in [9.17, 15) is 5.11 Å². The van der Waals surface area contributed by atoms with Crippen molar-refractivity contribution < 1.29 is 9.84 Å². The number of hydrogen-bond acceptors (Lipinski definition) is 2. The highest BCUT2D eigenvalue weighted by molar-refractivity contribution is 5.50. The van der Waals surface area contributed by atoms with E-state index in [1.54, 1.807) is 12.1 Å². The van der Waals surface area contributed by atoms with Gasteiger partial charge in [0, 0.05) is 0 Å². The number of para-hydroxylation sites is 1. The van der Waals surface area contributed by atoms with Crippen LogP contribution in [0.5, 0.6) is 11.5 Å². The van der Waals surface area contributed by atoms with Gasteiger partial charge in [0.2, 0.25) is 5.75 Å². The van der Waals surface area contributed by atoms with Gasteiger partial charge in [0.15, 0.2) is 5.75 Å². The Morgan fingerprint density at radius 1 is 1.55 bits per heavy atom. The molecule has 3 nitrogen and oxygen atoms in total. The summed E-state index contributed by atoms with van der Waals surface area (Å²) < 4.78 is 4.72. The number of methoxy groups -OCH3 is 1. The molecule has 0 bridgehead atoms. The van der Waals surface area contributed by atoms with Crippen molar-refractivity contribution in [2.24, 2.45) is 0 Å². The van der Waals surface area contributed by atoms with Crippen LogP contribution >= 0.6 is 0 Å². The van der Waals surface area contributed by atoms with Crippen LogP contribution in [0.1, 0.15) is 5.56 Å². The zero-order valence-corrected chi connectivity index (χ0v) is 6.00. The van der Waals surface area contributed by atoms with Crippen LogP contribution in [0.4, 0.5) is 0 Å². The van der Waals surface area contributed by atoms with Gasteiger partial charge >= 0.3 is 0 Å². The maximum absolute atomic E-state index is 11.1. The van der Waals surface area contributed by atoms with Gasteiger partial charge in [0.05, 0.1) is 7.11 Å². The zero-order chi connectivity index (χ0) is 8.27. The zero-order valence-electron chi connectivity index (χ0n) is 6.00. The fraction of sp³-hybridized carbons (Fsp3) is 0.125. The van der Waals surface area contributed by atoms with Crippen LogP contribution < -0.4 is 4.74 Å². The quantitative estimate of drug-likeness (QED) is 0.608. The van der Waals surface area contributed by atoms with Crippen LogP contribution in [0.3, 0.4) is 0 Å². The summed E-state index contributed by atoms with van der Waals surface area (Å²) in [6.45, 7) is 0. The van der Waals surface area contributed by atoms with Crippen molar-refractivity contribution in [1.29, 1.82) is 5.26 Å². The van der Waals surface area contributed by atoms with Crippen LogP contribution in [0, 0.1) is 11.3 Å². The predicted octanol–water partition coefficient (Wildman–Crippen LogP) is 1.71. The first-order chi connectivity index (χ1) is 5.29. The monoisotopic (exact) mass is 148 g/mol. The number of hydrogen-bond donors (Lipinski definition) is 0. The molecule has 0 fully saturated rings. The maximum atomic E-state index is 11.1. The van der Waals surface area contributed by atoms with Crippen molar-refractivity contribution in [3.05, 3.63) is 23.8 Å². The second-order valence-corrected chi connectivity index (χ2v) is 1.95. The first-order valence-electron chi connectivity index (χ1n) is 3.03. The summed E-state index contributed by atoms with van der Waals surface area (Å²) in [5.74, 6) is -0.137. The van der Waals surface area contributed by atoms with Gasteiger partial charge in [-0.3, -0.25) is 5.11 Å². The minimum atomic E-state index is -0.350. The Bertz CT molecular complexity index is 301. The summed E-state index contributed by atoms with van der Waals surface area (Å²) in [6, 6.07) is 6.38. The third-order valence-electron chi connectivity index (χ3n) is 1.32. The predicted molar refractivity (Wildman–Crippen MR) is 37.8 cm³/mol. The average molecular weight is 148 g/mol. The SMILES string of the molecule is COc1cccc(C#N)c1[O]. The molecular formula is C8H6NO2. The second-order valence-electron chi connectivity index (χ2n) is 1.95. The Morgan fingerprint density at radius 2 is 2.27 bits per heavy atom. The molecule has 1 aromatic carbocycles. The molecule has 1 aromatic rings. The Kier molecular flexibility index (Phi) is 1.98. The van der Waals surface area contributed by atoms with Crippen LogP contribution in [0.2, 0.25) is 0 Å². The number of nitrogens with zero attached hydrogens (tertiary/aromatic N) is 1. The van der Waals surface area contributed by atoms with Crippen molar-refractivity contribution in [3.8, 4) is 17.6 Å². The summed E-state index contributed by atoms with van der Waals surface area (Å²) >= 11 is 0. The van der Waals surface area contributed by atoms with Crippen molar-refractivity contribution in [3.63, 3.8) is 0 Å². The number of ether oxygens (including phenoxy) is 1. The van der Waals surface area contributed by atoms with Crippen LogP contribution in [-0.4, -0.2) is 7.11 Å². The van der Waals surface area contributed by atoms with Crippen LogP contribution in [-0.2, 0) is 5.11 Å². The third kappa shape index (κ3) is 1.24. The lowest BCUT2D eigenvalue weighted by Gasteiger charge is -1.99. The molecular weight excluding hydrogens is 142 g/mol. The first kappa shape index (κ1) is 7.42. The summed E-state index contributed by atoms with van der Waals surface area (Å²) in [4.78, 5) is 0. The van der Waals surface area contributed by atoms with Crippen LogP contribution in [0.15, 0.2) is 18.2 Å². The van der Waals surface area contributed by atoms with Crippen molar-refractivity contribution >= 4 is 0 Å². The minimum Gasteiger partial charge on any atom is -0.493 e. The topological polar surface area (TPSA) is 52.9 Å². The molecule has 1 radical (unpaired) electrons. The van der Waals surface area contributed by atoms with Gasteiger partial charge in [-0.2, -0.15) is 5.26 Å². The van der Waals surface area contributed by atoms with Crippen molar-refractivity contribution in [2.45, 2.75) is 0 Å². The molecule has 0 spiro atoms. The lowest BCUT2D eigenvalue weighted by Crippen LogP contribution is -1.84. The van der Waals surface area contributed by atoms with E-state index in [1.807, 2.05) is 0 Å². The summed E-state index contributed by atoms with van der Waals surface area (Å²) in [5, 5.41) is 19.5. The Hall–Kier alpha value is -1.69. The Morgan fingerprint density at radius 3 is 2.82 bits per heavy atom. The Balaban J connectivity index is 3.23.